The van der Waals surface area contributed by atoms with Crippen molar-refractivity contribution >= 4 is 0 Å². The molecule has 21 heavy (non-hydrogen) atoms. The maximum absolute atomic E-state index is 5.92. The van der Waals surface area contributed by atoms with Crippen molar-refractivity contribution in [2.75, 3.05) is 13.1 Å². The van der Waals surface area contributed by atoms with Crippen LogP contribution in [0.25, 0.3) is 0 Å². The Morgan fingerprint density at radius 2 is 1.67 bits per heavy atom. The van der Waals surface area contributed by atoms with E-state index in [9.17, 15) is 0 Å². The molecule has 1 atom stereocenters. The van der Waals surface area contributed by atoms with Crippen LogP contribution in [0.4, 0.5) is 0 Å². The molecule has 0 spiro atoms. The lowest BCUT2D eigenvalue weighted by Crippen LogP contribution is -2.19. The average Bonchev–Trinajstić information content (AvgIpc) is 3.03. The lowest BCUT2D eigenvalue weighted by molar-refractivity contribution is 0.223. The molecule has 1 aliphatic rings. The highest BCUT2D eigenvalue weighted by molar-refractivity contribution is 5.27. The topological polar surface area (TPSA) is 33.3 Å². The minimum Gasteiger partial charge on any atom is -0.489 e. The first-order chi connectivity index (χ1) is 10.4. The Balaban J connectivity index is 1.45. The van der Waals surface area contributed by atoms with E-state index in [0.29, 0.717) is 6.10 Å². The maximum atomic E-state index is 5.92. The Morgan fingerprint density at radius 3 is 2.33 bits per heavy atom. The van der Waals surface area contributed by atoms with E-state index >= 15 is 0 Å². The predicted molar refractivity (Wildman–Crippen MR) is 85.3 cm³/mol. The number of ether oxygens (including phenoxy) is 1. The van der Waals surface area contributed by atoms with Crippen LogP contribution in [0.1, 0.15) is 17.5 Å². The lowest BCUT2D eigenvalue weighted by Gasteiger charge is -2.13. The smallest absolute Gasteiger partial charge is 0.119 e. The van der Waals surface area contributed by atoms with Gasteiger partial charge in [0, 0.05) is 19.6 Å². The highest BCUT2D eigenvalue weighted by Crippen LogP contribution is 2.16. The maximum Gasteiger partial charge on any atom is 0.119 e. The molecule has 0 amide bonds. The summed E-state index contributed by atoms with van der Waals surface area (Å²) in [5.74, 6) is 0.968. The standard InChI is InChI=1S/C18H22N2O/c1-2-4-15(5-3-1)12-20-13-16-6-8-17(9-7-16)21-18-10-11-19-14-18/h1-9,18-20H,10-14H2. The van der Waals surface area contributed by atoms with Gasteiger partial charge in [-0.3, -0.25) is 0 Å². The molecule has 3 nitrogen and oxygen atoms in total. The van der Waals surface area contributed by atoms with Crippen molar-refractivity contribution in [1.82, 2.24) is 10.6 Å². The third kappa shape index (κ3) is 4.31. The van der Waals surface area contributed by atoms with Crippen LogP contribution in [-0.4, -0.2) is 19.2 Å². The number of hydrogen-bond donors (Lipinski definition) is 2. The van der Waals surface area contributed by atoms with E-state index in [1.165, 1.54) is 11.1 Å². The van der Waals surface area contributed by atoms with Crippen molar-refractivity contribution in [1.29, 1.82) is 0 Å². The van der Waals surface area contributed by atoms with Crippen molar-refractivity contribution in [3.63, 3.8) is 0 Å². The molecular formula is C18H22N2O. The summed E-state index contributed by atoms with van der Waals surface area (Å²) < 4.78 is 5.92. The molecule has 2 aromatic rings. The van der Waals surface area contributed by atoms with Gasteiger partial charge in [0.05, 0.1) is 0 Å². The van der Waals surface area contributed by atoms with Crippen LogP contribution >= 0.6 is 0 Å². The molecule has 2 aromatic carbocycles. The average molecular weight is 282 g/mol. The number of rotatable bonds is 6. The van der Waals surface area contributed by atoms with Crippen LogP contribution in [0.15, 0.2) is 54.6 Å². The first kappa shape index (κ1) is 14.1. The molecule has 0 aromatic heterocycles. The van der Waals surface area contributed by atoms with E-state index in [0.717, 1.165) is 38.3 Å². The van der Waals surface area contributed by atoms with Crippen molar-refractivity contribution in [3.05, 3.63) is 65.7 Å². The van der Waals surface area contributed by atoms with E-state index in [4.69, 9.17) is 4.74 Å². The second-order valence-corrected chi connectivity index (χ2v) is 5.47. The lowest BCUT2D eigenvalue weighted by atomic mass is 10.2. The summed E-state index contributed by atoms with van der Waals surface area (Å²) >= 11 is 0. The SMILES string of the molecule is c1ccc(CNCc2ccc(OC3CCNC3)cc2)cc1. The predicted octanol–water partition coefficient (Wildman–Crippen LogP) is 2.72. The zero-order valence-corrected chi connectivity index (χ0v) is 12.2. The summed E-state index contributed by atoms with van der Waals surface area (Å²) in [6.45, 7) is 3.79. The Kier molecular flexibility index (Phi) is 4.87. The summed E-state index contributed by atoms with van der Waals surface area (Å²) in [6, 6.07) is 18.9. The summed E-state index contributed by atoms with van der Waals surface area (Å²) in [5.41, 5.74) is 2.59. The molecule has 1 heterocycles. The molecule has 3 heteroatoms. The molecule has 1 fully saturated rings. The van der Waals surface area contributed by atoms with Crippen LogP contribution in [0, 0.1) is 0 Å². The third-order valence-corrected chi connectivity index (χ3v) is 3.74. The molecule has 110 valence electrons. The highest BCUT2D eigenvalue weighted by atomic mass is 16.5. The molecule has 2 N–H and O–H groups in total. The summed E-state index contributed by atoms with van der Waals surface area (Å²) in [5, 5.41) is 6.77. The van der Waals surface area contributed by atoms with Crippen molar-refractivity contribution in [3.8, 4) is 5.75 Å². The van der Waals surface area contributed by atoms with Gasteiger partial charge in [-0.1, -0.05) is 42.5 Å². The zero-order valence-electron chi connectivity index (χ0n) is 12.2. The first-order valence-corrected chi connectivity index (χ1v) is 7.61. The molecule has 0 saturated carbocycles. The van der Waals surface area contributed by atoms with Gasteiger partial charge in [-0.2, -0.15) is 0 Å². The second kappa shape index (κ2) is 7.25. The van der Waals surface area contributed by atoms with Crippen molar-refractivity contribution in [2.45, 2.75) is 25.6 Å². The summed E-state index contributed by atoms with van der Waals surface area (Å²) in [6.07, 6.45) is 1.42. The fraction of sp³-hybridized carbons (Fsp3) is 0.333. The molecule has 1 saturated heterocycles. The summed E-state index contributed by atoms with van der Waals surface area (Å²) in [7, 11) is 0. The van der Waals surface area contributed by atoms with Gasteiger partial charge >= 0.3 is 0 Å². The minimum atomic E-state index is 0.326. The normalized spacial score (nSPS) is 17.8. The van der Waals surface area contributed by atoms with Crippen molar-refractivity contribution < 1.29 is 4.74 Å². The van der Waals surface area contributed by atoms with Gasteiger partial charge in [-0.15, -0.1) is 0 Å². The molecular weight excluding hydrogens is 260 g/mol. The van der Waals surface area contributed by atoms with E-state index in [-0.39, 0.29) is 0 Å². The van der Waals surface area contributed by atoms with Crippen LogP contribution in [-0.2, 0) is 13.1 Å². The van der Waals surface area contributed by atoms with Crippen LogP contribution in [0.2, 0.25) is 0 Å². The molecule has 1 aliphatic heterocycles. The molecule has 3 rings (SSSR count). The quantitative estimate of drug-likeness (QED) is 0.854. The third-order valence-electron chi connectivity index (χ3n) is 3.74. The van der Waals surface area contributed by atoms with Crippen LogP contribution < -0.4 is 15.4 Å². The Morgan fingerprint density at radius 1 is 0.952 bits per heavy atom. The van der Waals surface area contributed by atoms with Gasteiger partial charge in [-0.25, -0.2) is 0 Å². The Bertz CT molecular complexity index is 533. The number of hydrogen-bond acceptors (Lipinski definition) is 3. The number of benzene rings is 2. The van der Waals surface area contributed by atoms with E-state index in [2.05, 4.69) is 59.2 Å². The first-order valence-electron chi connectivity index (χ1n) is 7.61. The highest BCUT2D eigenvalue weighted by Gasteiger charge is 2.15. The van der Waals surface area contributed by atoms with E-state index in [1.54, 1.807) is 0 Å². The molecule has 0 bridgehead atoms. The van der Waals surface area contributed by atoms with Crippen LogP contribution in [0.5, 0.6) is 5.75 Å². The van der Waals surface area contributed by atoms with Gasteiger partial charge in [-0.05, 0) is 36.2 Å². The molecule has 0 radical (unpaired) electrons. The van der Waals surface area contributed by atoms with E-state index < -0.39 is 0 Å². The van der Waals surface area contributed by atoms with Gasteiger partial charge in [0.25, 0.3) is 0 Å². The van der Waals surface area contributed by atoms with Gasteiger partial charge in [0.15, 0.2) is 0 Å². The molecule has 1 unspecified atom stereocenters. The van der Waals surface area contributed by atoms with E-state index in [1.807, 2.05) is 6.07 Å². The fourth-order valence-corrected chi connectivity index (χ4v) is 2.55. The van der Waals surface area contributed by atoms with Gasteiger partial charge < -0.3 is 15.4 Å². The fourth-order valence-electron chi connectivity index (χ4n) is 2.55. The Labute approximate surface area is 126 Å². The van der Waals surface area contributed by atoms with Gasteiger partial charge in [0.1, 0.15) is 11.9 Å². The van der Waals surface area contributed by atoms with Crippen molar-refractivity contribution in [2.24, 2.45) is 0 Å². The van der Waals surface area contributed by atoms with Gasteiger partial charge in [0.2, 0.25) is 0 Å². The van der Waals surface area contributed by atoms with Crippen LogP contribution in [0.3, 0.4) is 0 Å². The second-order valence-electron chi connectivity index (χ2n) is 5.47. The molecule has 0 aliphatic carbocycles. The zero-order chi connectivity index (χ0) is 14.3. The number of nitrogens with one attached hydrogen (secondary N) is 2. The Hall–Kier alpha value is -1.84. The largest absolute Gasteiger partial charge is 0.489 e. The monoisotopic (exact) mass is 282 g/mol. The summed E-state index contributed by atoms with van der Waals surface area (Å²) in [4.78, 5) is 0. The minimum absolute atomic E-state index is 0.326.